The molecule has 0 aliphatic heterocycles. The molecule has 0 aromatic heterocycles. The third kappa shape index (κ3) is 3.07. The van der Waals surface area contributed by atoms with Crippen molar-refractivity contribution >= 4 is 11.4 Å². The highest BCUT2D eigenvalue weighted by Crippen LogP contribution is 2.45. The van der Waals surface area contributed by atoms with Crippen molar-refractivity contribution in [2.75, 3.05) is 18.2 Å². The van der Waals surface area contributed by atoms with Crippen molar-refractivity contribution in [1.29, 1.82) is 0 Å². The molecule has 1 aliphatic carbocycles. The summed E-state index contributed by atoms with van der Waals surface area (Å²) in [5, 5.41) is 3.39. The first-order valence-corrected chi connectivity index (χ1v) is 7.30. The van der Waals surface area contributed by atoms with Crippen molar-refractivity contribution in [2.24, 2.45) is 5.41 Å². The Morgan fingerprint density at radius 1 is 1.38 bits per heavy atom. The van der Waals surface area contributed by atoms with Crippen LogP contribution in [0.15, 0.2) is 12.1 Å². The summed E-state index contributed by atoms with van der Waals surface area (Å²) in [4.78, 5) is 0. The summed E-state index contributed by atoms with van der Waals surface area (Å²) in [7, 11) is 1.73. The number of hydrogen-bond acceptors (Lipinski definition) is 4. The van der Waals surface area contributed by atoms with Crippen molar-refractivity contribution < 1.29 is 13.9 Å². The van der Waals surface area contributed by atoms with Crippen molar-refractivity contribution in [3.05, 3.63) is 17.9 Å². The number of halogens is 1. The van der Waals surface area contributed by atoms with Crippen molar-refractivity contribution in [3.63, 3.8) is 0 Å². The van der Waals surface area contributed by atoms with Gasteiger partial charge >= 0.3 is 0 Å². The molecule has 1 aromatic rings. The van der Waals surface area contributed by atoms with E-state index in [4.69, 9.17) is 15.2 Å². The highest BCUT2D eigenvalue weighted by Gasteiger charge is 2.48. The summed E-state index contributed by atoms with van der Waals surface area (Å²) in [6, 6.07) is 3.18. The Labute approximate surface area is 125 Å². The molecule has 0 amide bonds. The van der Waals surface area contributed by atoms with Gasteiger partial charge in [-0.2, -0.15) is 0 Å². The van der Waals surface area contributed by atoms with Gasteiger partial charge in [-0.1, -0.05) is 13.8 Å². The van der Waals surface area contributed by atoms with Crippen LogP contribution in [0.3, 0.4) is 0 Å². The van der Waals surface area contributed by atoms with Crippen LogP contribution < -0.4 is 15.8 Å². The third-order valence-corrected chi connectivity index (χ3v) is 4.26. The number of nitrogen functional groups attached to an aromatic ring is 1. The topological polar surface area (TPSA) is 56.5 Å². The summed E-state index contributed by atoms with van der Waals surface area (Å²) in [6.07, 6.45) is 1.04. The van der Waals surface area contributed by atoms with Crippen LogP contribution in [-0.4, -0.2) is 25.4 Å². The third-order valence-electron chi connectivity index (χ3n) is 4.26. The van der Waals surface area contributed by atoms with Gasteiger partial charge in [-0.25, -0.2) is 4.39 Å². The van der Waals surface area contributed by atoms with Crippen LogP contribution >= 0.6 is 0 Å². The van der Waals surface area contributed by atoms with Gasteiger partial charge in [0, 0.05) is 30.7 Å². The van der Waals surface area contributed by atoms with E-state index < -0.39 is 5.82 Å². The van der Waals surface area contributed by atoms with E-state index in [0.29, 0.717) is 11.4 Å². The Morgan fingerprint density at radius 2 is 2.05 bits per heavy atom. The molecule has 0 heterocycles. The highest BCUT2D eigenvalue weighted by atomic mass is 19.1. The molecule has 0 radical (unpaired) electrons. The first-order valence-electron chi connectivity index (χ1n) is 7.30. The number of nitrogens with two attached hydrogens (primary N) is 1. The monoisotopic (exact) mass is 296 g/mol. The fraction of sp³-hybridized carbons (Fsp3) is 0.625. The number of nitrogens with one attached hydrogen (secondary N) is 1. The fourth-order valence-electron chi connectivity index (χ4n) is 2.76. The molecule has 5 heteroatoms. The Balaban J connectivity index is 2.17. The molecule has 0 saturated heterocycles. The van der Waals surface area contributed by atoms with Crippen LogP contribution in [0.1, 0.15) is 34.1 Å². The Hall–Kier alpha value is -1.49. The summed E-state index contributed by atoms with van der Waals surface area (Å²) in [6.45, 7) is 8.02. The van der Waals surface area contributed by atoms with Gasteiger partial charge in [0.25, 0.3) is 0 Å². The van der Waals surface area contributed by atoms with Gasteiger partial charge in [0.2, 0.25) is 0 Å². The first kappa shape index (κ1) is 15.9. The van der Waals surface area contributed by atoms with E-state index in [-0.39, 0.29) is 29.4 Å². The van der Waals surface area contributed by atoms with E-state index in [2.05, 4.69) is 19.2 Å². The van der Waals surface area contributed by atoms with Gasteiger partial charge in [0.15, 0.2) is 11.6 Å². The van der Waals surface area contributed by atoms with Crippen LogP contribution in [0.25, 0.3) is 0 Å². The molecule has 1 saturated carbocycles. The predicted octanol–water partition coefficient (Wildman–Crippen LogP) is 3.42. The zero-order valence-corrected chi connectivity index (χ0v) is 13.4. The molecule has 1 aliphatic rings. The summed E-state index contributed by atoms with van der Waals surface area (Å²) in [5.41, 5.74) is 7.02. The molecule has 2 rings (SSSR count). The number of ether oxygens (including phenoxy) is 2. The highest BCUT2D eigenvalue weighted by molar-refractivity contribution is 5.69. The molecule has 0 bridgehead atoms. The molecular weight excluding hydrogens is 271 g/mol. The Bertz CT molecular complexity index is 517. The maximum absolute atomic E-state index is 13.8. The molecule has 118 valence electrons. The number of benzene rings is 1. The van der Waals surface area contributed by atoms with Crippen LogP contribution in [0.2, 0.25) is 0 Å². The fourth-order valence-corrected chi connectivity index (χ4v) is 2.76. The largest absolute Gasteiger partial charge is 0.488 e. The lowest BCUT2D eigenvalue weighted by molar-refractivity contribution is -0.0794. The van der Waals surface area contributed by atoms with Gasteiger partial charge in [0.1, 0.15) is 0 Å². The number of rotatable bonds is 5. The van der Waals surface area contributed by atoms with Crippen LogP contribution in [0.5, 0.6) is 5.75 Å². The zero-order chi connectivity index (χ0) is 15.8. The minimum Gasteiger partial charge on any atom is -0.488 e. The molecule has 4 nitrogen and oxygen atoms in total. The summed E-state index contributed by atoms with van der Waals surface area (Å²) in [5.74, 6) is -0.212. The minimum absolute atomic E-state index is 0.00858. The number of methoxy groups -OCH3 is 1. The molecular formula is C16H25FN2O2. The van der Waals surface area contributed by atoms with Crippen LogP contribution in [0.4, 0.5) is 15.8 Å². The van der Waals surface area contributed by atoms with Crippen molar-refractivity contribution in [3.8, 4) is 5.75 Å². The lowest BCUT2D eigenvalue weighted by Crippen LogP contribution is -2.57. The van der Waals surface area contributed by atoms with E-state index >= 15 is 0 Å². The van der Waals surface area contributed by atoms with Crippen LogP contribution in [-0.2, 0) is 4.74 Å². The van der Waals surface area contributed by atoms with E-state index in [9.17, 15) is 4.39 Å². The normalized spacial score (nSPS) is 23.8. The average molecular weight is 296 g/mol. The molecule has 21 heavy (non-hydrogen) atoms. The van der Waals surface area contributed by atoms with Crippen LogP contribution in [0, 0.1) is 11.2 Å². The van der Waals surface area contributed by atoms with E-state index in [1.165, 1.54) is 6.07 Å². The number of anilines is 2. The lowest BCUT2D eigenvalue weighted by atomic mass is 9.64. The minimum atomic E-state index is -0.436. The maximum Gasteiger partial charge on any atom is 0.167 e. The van der Waals surface area contributed by atoms with Gasteiger partial charge < -0.3 is 20.5 Å². The Kier molecular flexibility index (Phi) is 4.33. The van der Waals surface area contributed by atoms with E-state index in [1.807, 2.05) is 13.8 Å². The van der Waals surface area contributed by atoms with Gasteiger partial charge in [-0.3, -0.25) is 0 Å². The van der Waals surface area contributed by atoms with Gasteiger partial charge in [0.05, 0.1) is 23.6 Å². The van der Waals surface area contributed by atoms with E-state index in [0.717, 1.165) is 6.42 Å². The van der Waals surface area contributed by atoms with Crippen molar-refractivity contribution in [1.82, 2.24) is 0 Å². The smallest absolute Gasteiger partial charge is 0.167 e. The first-order chi connectivity index (χ1) is 9.75. The number of hydrogen-bond donors (Lipinski definition) is 2. The maximum atomic E-state index is 13.8. The molecule has 0 spiro atoms. The second-order valence-corrected chi connectivity index (χ2v) is 6.51. The summed E-state index contributed by atoms with van der Waals surface area (Å²) >= 11 is 0. The molecule has 2 atom stereocenters. The molecule has 3 N–H and O–H groups in total. The van der Waals surface area contributed by atoms with Gasteiger partial charge in [-0.15, -0.1) is 0 Å². The average Bonchev–Trinajstić information content (AvgIpc) is 2.38. The quantitative estimate of drug-likeness (QED) is 0.817. The van der Waals surface area contributed by atoms with E-state index in [1.54, 1.807) is 13.2 Å². The summed E-state index contributed by atoms with van der Waals surface area (Å²) < 4.78 is 24.8. The lowest BCUT2D eigenvalue weighted by Gasteiger charge is -2.51. The second kappa shape index (κ2) is 5.72. The Morgan fingerprint density at radius 3 is 2.57 bits per heavy atom. The predicted molar refractivity (Wildman–Crippen MR) is 83.2 cm³/mol. The second-order valence-electron chi connectivity index (χ2n) is 6.51. The SMILES string of the molecule is COC1CC(Nc2cc(OC(C)C)c(F)cc2N)C1(C)C. The zero-order valence-electron chi connectivity index (χ0n) is 13.4. The standard InChI is InChI=1S/C16H25FN2O2/c1-9(2)21-13-7-12(11(18)6-10(13)17)19-14-8-15(20-5)16(14,3)4/h6-7,9,14-15,19H,8,18H2,1-5H3. The molecule has 2 unspecified atom stereocenters. The van der Waals surface area contributed by atoms with Crippen molar-refractivity contribution in [2.45, 2.75) is 52.4 Å². The molecule has 1 fully saturated rings. The molecule has 1 aromatic carbocycles. The van der Waals surface area contributed by atoms with Gasteiger partial charge in [-0.05, 0) is 20.3 Å².